The molecule has 6 heteroatoms. The van der Waals surface area contributed by atoms with E-state index in [2.05, 4.69) is 5.32 Å². The number of hydrogen-bond acceptors (Lipinski definition) is 5. The predicted molar refractivity (Wildman–Crippen MR) is 75.4 cm³/mol. The summed E-state index contributed by atoms with van der Waals surface area (Å²) in [5, 5.41) is 14.3. The highest BCUT2D eigenvalue weighted by molar-refractivity contribution is 5.50. The van der Waals surface area contributed by atoms with Gasteiger partial charge in [-0.25, -0.2) is 0 Å². The van der Waals surface area contributed by atoms with Gasteiger partial charge in [0.25, 0.3) is 0 Å². The Balaban J connectivity index is 1.89. The molecule has 2 rings (SSSR count). The minimum Gasteiger partial charge on any atom is -0.493 e. The Morgan fingerprint density at radius 2 is 2.35 bits per heavy atom. The van der Waals surface area contributed by atoms with Crippen LogP contribution in [0.4, 0.5) is 5.69 Å². The van der Waals surface area contributed by atoms with Crippen LogP contribution < -0.4 is 14.8 Å². The largest absolute Gasteiger partial charge is 0.493 e. The maximum Gasteiger partial charge on any atom is 0.314 e. The van der Waals surface area contributed by atoms with Crippen LogP contribution in [-0.2, 0) is 0 Å². The normalized spacial score (nSPS) is 18.6. The van der Waals surface area contributed by atoms with Crippen molar-refractivity contribution in [1.82, 2.24) is 5.32 Å². The molecular formula is C14H20N2O4. The van der Waals surface area contributed by atoms with Crippen LogP contribution >= 0.6 is 0 Å². The lowest BCUT2D eigenvalue weighted by atomic mass is 9.97. The number of nitro benzene ring substituents is 1. The zero-order valence-electron chi connectivity index (χ0n) is 11.6. The van der Waals surface area contributed by atoms with E-state index < -0.39 is 4.92 Å². The van der Waals surface area contributed by atoms with Crippen molar-refractivity contribution in [2.45, 2.75) is 19.3 Å². The smallest absolute Gasteiger partial charge is 0.314 e. The van der Waals surface area contributed by atoms with Gasteiger partial charge in [-0.05, 0) is 50.4 Å². The van der Waals surface area contributed by atoms with E-state index in [1.54, 1.807) is 12.1 Å². The number of methoxy groups -OCH3 is 1. The van der Waals surface area contributed by atoms with Crippen LogP contribution in [0, 0.1) is 16.0 Å². The van der Waals surface area contributed by atoms with Crippen LogP contribution in [0.15, 0.2) is 18.2 Å². The molecule has 6 nitrogen and oxygen atoms in total. The average molecular weight is 280 g/mol. The van der Waals surface area contributed by atoms with Gasteiger partial charge in [-0.3, -0.25) is 10.1 Å². The Kier molecular flexibility index (Phi) is 5.17. The third-order valence-electron chi connectivity index (χ3n) is 3.54. The highest BCUT2D eigenvalue weighted by Gasteiger charge is 2.16. The molecule has 1 saturated heterocycles. The van der Waals surface area contributed by atoms with Gasteiger partial charge >= 0.3 is 5.69 Å². The minimum atomic E-state index is -0.462. The van der Waals surface area contributed by atoms with Crippen molar-refractivity contribution < 1.29 is 14.4 Å². The molecule has 0 bridgehead atoms. The number of ether oxygens (including phenoxy) is 2. The molecule has 1 atom stereocenters. The Bertz CT molecular complexity index is 458. The van der Waals surface area contributed by atoms with Gasteiger partial charge in [-0.1, -0.05) is 0 Å². The monoisotopic (exact) mass is 280 g/mol. The van der Waals surface area contributed by atoms with E-state index in [1.807, 2.05) is 0 Å². The lowest BCUT2D eigenvalue weighted by Gasteiger charge is -2.22. The molecule has 20 heavy (non-hydrogen) atoms. The van der Waals surface area contributed by atoms with Gasteiger partial charge in [-0.2, -0.15) is 0 Å². The summed E-state index contributed by atoms with van der Waals surface area (Å²) in [5.41, 5.74) is -0.0654. The van der Waals surface area contributed by atoms with E-state index in [-0.39, 0.29) is 11.4 Å². The number of piperidine rings is 1. The van der Waals surface area contributed by atoms with Crippen molar-refractivity contribution in [2.75, 3.05) is 26.8 Å². The molecule has 0 aliphatic carbocycles. The second-order valence-electron chi connectivity index (χ2n) is 4.94. The van der Waals surface area contributed by atoms with Gasteiger partial charge in [0.2, 0.25) is 0 Å². The molecule has 1 fully saturated rings. The van der Waals surface area contributed by atoms with Crippen molar-refractivity contribution in [3.8, 4) is 11.5 Å². The predicted octanol–water partition coefficient (Wildman–Crippen LogP) is 2.37. The zero-order valence-corrected chi connectivity index (χ0v) is 11.6. The number of nitrogens with zero attached hydrogens (tertiary/aromatic N) is 1. The molecule has 0 spiro atoms. The first-order valence-corrected chi connectivity index (χ1v) is 6.86. The molecule has 0 aromatic heterocycles. The lowest BCUT2D eigenvalue weighted by molar-refractivity contribution is -0.385. The van der Waals surface area contributed by atoms with Crippen molar-refractivity contribution in [1.29, 1.82) is 0 Å². The fraction of sp³-hybridized carbons (Fsp3) is 0.571. The van der Waals surface area contributed by atoms with E-state index in [4.69, 9.17) is 9.47 Å². The maximum absolute atomic E-state index is 10.9. The van der Waals surface area contributed by atoms with Crippen LogP contribution in [0.5, 0.6) is 11.5 Å². The fourth-order valence-electron chi connectivity index (χ4n) is 2.42. The molecule has 110 valence electrons. The number of benzene rings is 1. The molecule has 0 radical (unpaired) electrons. The summed E-state index contributed by atoms with van der Waals surface area (Å²) in [6.07, 6.45) is 3.39. The topological polar surface area (TPSA) is 73.6 Å². The van der Waals surface area contributed by atoms with Crippen LogP contribution in [0.2, 0.25) is 0 Å². The molecule has 1 aliphatic heterocycles. The summed E-state index contributed by atoms with van der Waals surface area (Å²) in [7, 11) is 1.42. The van der Waals surface area contributed by atoms with E-state index in [0.29, 0.717) is 18.3 Å². The standard InChI is InChI=1S/C14H20N2O4/c1-19-14-5-4-12(9-13(14)16(17)18)20-8-6-11-3-2-7-15-10-11/h4-5,9,11,15H,2-3,6-8,10H2,1H3. The third kappa shape index (κ3) is 3.84. The number of rotatable bonds is 6. The van der Waals surface area contributed by atoms with Crippen LogP contribution in [0.3, 0.4) is 0 Å². The molecule has 1 aliphatic rings. The SMILES string of the molecule is COc1ccc(OCCC2CCCNC2)cc1[N+](=O)[O-]. The Labute approximate surface area is 118 Å². The molecule has 1 aromatic carbocycles. The fourth-order valence-corrected chi connectivity index (χ4v) is 2.42. The van der Waals surface area contributed by atoms with E-state index in [0.717, 1.165) is 19.5 Å². The average Bonchev–Trinajstić information content (AvgIpc) is 2.48. The first-order valence-electron chi connectivity index (χ1n) is 6.86. The third-order valence-corrected chi connectivity index (χ3v) is 3.54. The number of hydrogen-bond donors (Lipinski definition) is 1. The minimum absolute atomic E-state index is 0.0654. The zero-order chi connectivity index (χ0) is 14.4. The number of nitro groups is 1. The van der Waals surface area contributed by atoms with Gasteiger partial charge in [-0.15, -0.1) is 0 Å². The van der Waals surface area contributed by atoms with Crippen LogP contribution in [0.1, 0.15) is 19.3 Å². The lowest BCUT2D eigenvalue weighted by Crippen LogP contribution is -2.30. The van der Waals surface area contributed by atoms with Crippen molar-refractivity contribution in [3.05, 3.63) is 28.3 Å². The summed E-state index contributed by atoms with van der Waals surface area (Å²) < 4.78 is 10.6. The molecule has 0 amide bonds. The second kappa shape index (κ2) is 7.09. The Morgan fingerprint density at radius 3 is 3.00 bits per heavy atom. The van der Waals surface area contributed by atoms with Gasteiger partial charge in [0.05, 0.1) is 24.7 Å². The van der Waals surface area contributed by atoms with E-state index >= 15 is 0 Å². The van der Waals surface area contributed by atoms with Crippen molar-refractivity contribution in [2.24, 2.45) is 5.92 Å². The van der Waals surface area contributed by atoms with Gasteiger partial charge in [0.1, 0.15) is 5.75 Å². The Hall–Kier alpha value is -1.82. The van der Waals surface area contributed by atoms with Crippen molar-refractivity contribution in [3.63, 3.8) is 0 Å². The maximum atomic E-state index is 10.9. The molecule has 0 saturated carbocycles. The summed E-state index contributed by atoms with van der Waals surface area (Å²) in [5.74, 6) is 1.40. The van der Waals surface area contributed by atoms with Crippen LogP contribution in [-0.4, -0.2) is 31.7 Å². The van der Waals surface area contributed by atoms with Crippen molar-refractivity contribution >= 4 is 5.69 Å². The van der Waals surface area contributed by atoms with Gasteiger partial charge in [0, 0.05) is 0 Å². The highest BCUT2D eigenvalue weighted by Crippen LogP contribution is 2.30. The quantitative estimate of drug-likeness (QED) is 0.639. The van der Waals surface area contributed by atoms with E-state index in [9.17, 15) is 10.1 Å². The molecule has 1 N–H and O–H groups in total. The van der Waals surface area contributed by atoms with E-state index in [1.165, 1.54) is 26.0 Å². The molecular weight excluding hydrogens is 260 g/mol. The molecule has 1 heterocycles. The summed E-state index contributed by atoms with van der Waals surface area (Å²) >= 11 is 0. The van der Waals surface area contributed by atoms with Gasteiger partial charge < -0.3 is 14.8 Å². The van der Waals surface area contributed by atoms with Gasteiger partial charge in [0.15, 0.2) is 5.75 Å². The number of nitrogens with one attached hydrogen (secondary N) is 1. The second-order valence-corrected chi connectivity index (χ2v) is 4.94. The summed E-state index contributed by atoms with van der Waals surface area (Å²) in [6.45, 7) is 2.71. The Morgan fingerprint density at radius 1 is 1.50 bits per heavy atom. The molecule has 1 unspecified atom stereocenters. The summed E-state index contributed by atoms with van der Waals surface area (Å²) in [4.78, 5) is 10.5. The molecule has 1 aromatic rings. The first kappa shape index (κ1) is 14.6. The summed E-state index contributed by atoms with van der Waals surface area (Å²) in [6, 6.07) is 4.68. The highest BCUT2D eigenvalue weighted by atomic mass is 16.6. The van der Waals surface area contributed by atoms with Crippen LogP contribution in [0.25, 0.3) is 0 Å². The first-order chi connectivity index (χ1) is 9.70.